The maximum atomic E-state index is 13.3. The molecule has 3 nitrogen and oxygen atoms in total. The third-order valence-corrected chi connectivity index (χ3v) is 3.63. The van der Waals surface area contributed by atoms with Gasteiger partial charge in [0.15, 0.2) is 0 Å². The lowest BCUT2D eigenvalue weighted by atomic mass is 9.94. The van der Waals surface area contributed by atoms with Gasteiger partial charge in [-0.1, -0.05) is 12.1 Å². The first-order valence-electron chi connectivity index (χ1n) is 6.67. The van der Waals surface area contributed by atoms with Crippen LogP contribution in [0.5, 0.6) is 0 Å². The van der Waals surface area contributed by atoms with E-state index in [0.29, 0.717) is 18.4 Å². The van der Waals surface area contributed by atoms with Gasteiger partial charge in [-0.15, -0.1) is 0 Å². The van der Waals surface area contributed by atoms with Crippen LogP contribution in [0.1, 0.15) is 29.2 Å². The number of hydrogen-bond donors (Lipinski definition) is 2. The Kier molecular flexibility index (Phi) is 3.43. The molecular weight excluding hydrogens is 274 g/mol. The zero-order valence-corrected chi connectivity index (χ0v) is 11.2. The van der Waals surface area contributed by atoms with E-state index in [-0.39, 0.29) is 5.91 Å². The number of nitrogens with two attached hydrogens (primary N) is 1. The van der Waals surface area contributed by atoms with Crippen molar-refractivity contribution in [1.82, 2.24) is 0 Å². The maximum Gasteiger partial charge on any atom is 0.224 e. The molecule has 0 aromatic heterocycles. The highest BCUT2D eigenvalue weighted by molar-refractivity contribution is 5.93. The van der Waals surface area contributed by atoms with Crippen molar-refractivity contribution >= 4 is 11.6 Å². The standard InChI is InChI=1S/C16H14F2N2O/c17-12-6-11(7-13(18)8-12)16(19)10-1-3-14-9(5-10)2-4-15(21)20-14/h1,3,5-8,16H,2,4,19H2,(H,20,21). The predicted molar refractivity (Wildman–Crippen MR) is 75.8 cm³/mol. The van der Waals surface area contributed by atoms with Crippen molar-refractivity contribution in [2.75, 3.05) is 5.32 Å². The first kappa shape index (κ1) is 13.7. The lowest BCUT2D eigenvalue weighted by molar-refractivity contribution is -0.116. The van der Waals surface area contributed by atoms with Gasteiger partial charge in [-0.25, -0.2) is 8.78 Å². The highest BCUT2D eigenvalue weighted by atomic mass is 19.1. The van der Waals surface area contributed by atoms with Crippen molar-refractivity contribution in [2.45, 2.75) is 18.9 Å². The van der Waals surface area contributed by atoms with E-state index in [1.165, 1.54) is 12.1 Å². The number of carbonyl (C=O) groups excluding carboxylic acids is 1. The van der Waals surface area contributed by atoms with E-state index in [1.54, 1.807) is 12.1 Å². The van der Waals surface area contributed by atoms with Crippen molar-refractivity contribution in [3.63, 3.8) is 0 Å². The minimum Gasteiger partial charge on any atom is -0.326 e. The second kappa shape index (κ2) is 5.26. The topological polar surface area (TPSA) is 55.1 Å². The number of carbonyl (C=O) groups is 1. The van der Waals surface area contributed by atoms with Gasteiger partial charge in [0.05, 0.1) is 6.04 Å². The summed E-state index contributed by atoms with van der Waals surface area (Å²) in [7, 11) is 0. The van der Waals surface area contributed by atoms with E-state index in [9.17, 15) is 13.6 Å². The maximum absolute atomic E-state index is 13.3. The molecule has 1 aliphatic heterocycles. The van der Waals surface area contributed by atoms with Gasteiger partial charge < -0.3 is 11.1 Å². The number of hydrogen-bond acceptors (Lipinski definition) is 2. The summed E-state index contributed by atoms with van der Waals surface area (Å²) in [5.41, 5.74) is 8.99. The van der Waals surface area contributed by atoms with Gasteiger partial charge in [0.1, 0.15) is 11.6 Å². The number of amides is 1. The zero-order valence-electron chi connectivity index (χ0n) is 11.2. The number of nitrogens with one attached hydrogen (secondary N) is 1. The minimum atomic E-state index is -0.648. The van der Waals surface area contributed by atoms with Crippen molar-refractivity contribution in [3.8, 4) is 0 Å². The first-order chi connectivity index (χ1) is 10.0. The fraction of sp³-hybridized carbons (Fsp3) is 0.188. The van der Waals surface area contributed by atoms with E-state index < -0.39 is 17.7 Å². The molecule has 0 aliphatic carbocycles. The molecule has 1 amide bonds. The number of fused-ring (bicyclic) bond motifs is 1. The molecule has 3 rings (SSSR count). The summed E-state index contributed by atoms with van der Waals surface area (Å²) < 4.78 is 26.6. The molecule has 1 aliphatic rings. The van der Waals surface area contributed by atoms with E-state index in [0.717, 1.165) is 22.9 Å². The zero-order chi connectivity index (χ0) is 15.0. The van der Waals surface area contributed by atoms with Gasteiger partial charge in [0.2, 0.25) is 5.91 Å². The summed E-state index contributed by atoms with van der Waals surface area (Å²) in [6.07, 6.45) is 1.07. The Bertz CT molecular complexity index is 695. The first-order valence-corrected chi connectivity index (χ1v) is 6.67. The number of benzene rings is 2. The lowest BCUT2D eigenvalue weighted by Crippen LogP contribution is -2.20. The Morgan fingerprint density at radius 2 is 1.71 bits per heavy atom. The van der Waals surface area contributed by atoms with Gasteiger partial charge in [-0.3, -0.25) is 4.79 Å². The second-order valence-corrected chi connectivity index (χ2v) is 5.15. The normalized spacial score (nSPS) is 15.3. The predicted octanol–water partition coefficient (Wildman–Crippen LogP) is 2.90. The van der Waals surface area contributed by atoms with Crippen molar-refractivity contribution in [1.29, 1.82) is 0 Å². The number of aryl methyl sites for hydroxylation is 1. The average Bonchev–Trinajstić information content (AvgIpc) is 2.45. The van der Waals surface area contributed by atoms with Crippen LogP contribution in [0.2, 0.25) is 0 Å². The molecule has 0 spiro atoms. The second-order valence-electron chi connectivity index (χ2n) is 5.15. The molecule has 2 aromatic carbocycles. The molecule has 21 heavy (non-hydrogen) atoms. The van der Waals surface area contributed by atoms with Crippen molar-refractivity contribution < 1.29 is 13.6 Å². The number of rotatable bonds is 2. The van der Waals surface area contributed by atoms with Gasteiger partial charge >= 0.3 is 0 Å². The highest BCUT2D eigenvalue weighted by Gasteiger charge is 2.17. The molecule has 3 N–H and O–H groups in total. The van der Waals surface area contributed by atoms with E-state index in [2.05, 4.69) is 5.32 Å². The van der Waals surface area contributed by atoms with Crippen LogP contribution in [0.3, 0.4) is 0 Å². The fourth-order valence-corrected chi connectivity index (χ4v) is 2.54. The summed E-state index contributed by atoms with van der Waals surface area (Å²) in [5, 5.41) is 2.78. The summed E-state index contributed by atoms with van der Waals surface area (Å²) in [6.45, 7) is 0. The van der Waals surface area contributed by atoms with Crippen LogP contribution in [0.4, 0.5) is 14.5 Å². The van der Waals surface area contributed by atoms with Crippen LogP contribution >= 0.6 is 0 Å². The molecule has 0 radical (unpaired) electrons. The smallest absolute Gasteiger partial charge is 0.224 e. The largest absolute Gasteiger partial charge is 0.326 e. The van der Waals surface area contributed by atoms with Gasteiger partial charge in [-0.2, -0.15) is 0 Å². The summed E-state index contributed by atoms with van der Waals surface area (Å²) in [4.78, 5) is 11.3. The molecule has 0 saturated heterocycles. The molecule has 1 atom stereocenters. The Balaban J connectivity index is 1.94. The monoisotopic (exact) mass is 288 g/mol. The van der Waals surface area contributed by atoms with Gasteiger partial charge in [0.25, 0.3) is 0 Å². The molecule has 2 aromatic rings. The van der Waals surface area contributed by atoms with E-state index in [1.807, 2.05) is 6.07 Å². The van der Waals surface area contributed by atoms with Crippen LogP contribution in [-0.2, 0) is 11.2 Å². The SMILES string of the molecule is NC(c1cc(F)cc(F)c1)c1ccc2c(c1)CCC(=O)N2. The molecule has 5 heteroatoms. The Hall–Kier alpha value is -2.27. The molecule has 0 bridgehead atoms. The molecular formula is C16H14F2N2O. The average molecular weight is 288 g/mol. The van der Waals surface area contributed by atoms with E-state index >= 15 is 0 Å². The third kappa shape index (κ3) is 2.78. The van der Waals surface area contributed by atoms with Crippen molar-refractivity contribution in [2.24, 2.45) is 5.73 Å². The molecule has 0 fully saturated rings. The Morgan fingerprint density at radius 1 is 1.00 bits per heavy atom. The van der Waals surface area contributed by atoms with Crippen molar-refractivity contribution in [3.05, 3.63) is 64.7 Å². The molecule has 0 saturated carbocycles. The van der Waals surface area contributed by atoms with Gasteiger partial charge in [0, 0.05) is 18.2 Å². The third-order valence-electron chi connectivity index (χ3n) is 3.63. The van der Waals surface area contributed by atoms with Crippen LogP contribution in [-0.4, -0.2) is 5.91 Å². The van der Waals surface area contributed by atoms with Crippen LogP contribution in [0.25, 0.3) is 0 Å². The Morgan fingerprint density at radius 3 is 2.43 bits per heavy atom. The quantitative estimate of drug-likeness (QED) is 0.892. The Labute approximate surface area is 120 Å². The van der Waals surface area contributed by atoms with E-state index in [4.69, 9.17) is 5.73 Å². The molecule has 1 unspecified atom stereocenters. The minimum absolute atomic E-state index is 0.00764. The van der Waals surface area contributed by atoms with Crippen LogP contribution < -0.4 is 11.1 Å². The summed E-state index contributed by atoms with van der Waals surface area (Å²) in [5.74, 6) is -1.30. The summed E-state index contributed by atoms with van der Waals surface area (Å²) in [6, 6.07) is 8.08. The number of halogens is 2. The fourth-order valence-electron chi connectivity index (χ4n) is 2.54. The number of anilines is 1. The lowest BCUT2D eigenvalue weighted by Gasteiger charge is -2.20. The van der Waals surface area contributed by atoms with Crippen LogP contribution in [0.15, 0.2) is 36.4 Å². The highest BCUT2D eigenvalue weighted by Crippen LogP contribution is 2.28. The van der Waals surface area contributed by atoms with Gasteiger partial charge in [-0.05, 0) is 41.3 Å². The van der Waals surface area contributed by atoms with Crippen LogP contribution in [0, 0.1) is 11.6 Å². The molecule has 108 valence electrons. The summed E-state index contributed by atoms with van der Waals surface area (Å²) >= 11 is 0. The molecule has 1 heterocycles.